The average molecular weight is 708 g/mol. The Morgan fingerprint density at radius 3 is 2.44 bits per heavy atom. The molecule has 0 bridgehead atoms. The van der Waals surface area contributed by atoms with Crippen molar-refractivity contribution in [2.45, 2.75) is 70.5 Å². The Morgan fingerprint density at radius 1 is 0.980 bits per heavy atom. The quantitative estimate of drug-likeness (QED) is 0.140. The molecule has 0 spiro atoms. The number of hydrogen-bond donors (Lipinski definition) is 2. The van der Waals surface area contributed by atoms with Crippen LogP contribution in [-0.2, 0) is 22.6 Å². The van der Waals surface area contributed by atoms with Crippen LogP contribution in [0.4, 0.5) is 11.6 Å². The summed E-state index contributed by atoms with van der Waals surface area (Å²) in [4.78, 5) is 19.0. The topological polar surface area (TPSA) is 90.3 Å². The first-order valence-corrected chi connectivity index (χ1v) is 17.9. The van der Waals surface area contributed by atoms with E-state index in [0.717, 1.165) is 33.5 Å². The zero-order valence-electron chi connectivity index (χ0n) is 29.4. The van der Waals surface area contributed by atoms with E-state index in [1.807, 2.05) is 81.4 Å². The Morgan fingerprint density at radius 2 is 1.74 bits per heavy atom. The van der Waals surface area contributed by atoms with Crippen LogP contribution in [-0.4, -0.2) is 27.8 Å². The van der Waals surface area contributed by atoms with Crippen molar-refractivity contribution in [1.82, 2.24) is 14.8 Å². The van der Waals surface area contributed by atoms with Gasteiger partial charge in [-0.25, -0.2) is 4.68 Å². The van der Waals surface area contributed by atoms with Crippen LogP contribution in [0.2, 0.25) is 5.02 Å². The maximum atomic E-state index is 14.2. The van der Waals surface area contributed by atoms with Crippen LogP contribution in [0.15, 0.2) is 101 Å². The number of nitrogens with one attached hydrogen (secondary N) is 2. The molecule has 50 heavy (non-hydrogen) atoms. The summed E-state index contributed by atoms with van der Waals surface area (Å²) >= 11 is 7.91. The Labute approximate surface area is 303 Å². The number of anilines is 2. The number of allylic oxidation sites excluding steroid dienone is 1. The molecule has 4 aromatic carbocycles. The lowest BCUT2D eigenvalue weighted by molar-refractivity contribution is -0.113. The molecule has 5 aromatic rings. The number of carbonyl (C=O) groups is 1. The van der Waals surface area contributed by atoms with Gasteiger partial charge in [0.25, 0.3) is 5.91 Å². The van der Waals surface area contributed by atoms with E-state index in [1.165, 1.54) is 17.3 Å². The summed E-state index contributed by atoms with van der Waals surface area (Å²) < 4.78 is 13.9. The summed E-state index contributed by atoms with van der Waals surface area (Å²) in [6.45, 7) is 12.9. The second kappa shape index (κ2) is 14.6. The maximum Gasteiger partial charge on any atom is 0.255 e. The van der Waals surface area contributed by atoms with Gasteiger partial charge in [-0.2, -0.15) is 4.98 Å². The molecule has 1 unspecified atom stereocenters. The lowest BCUT2D eigenvalue weighted by atomic mass is 9.87. The van der Waals surface area contributed by atoms with Gasteiger partial charge < -0.3 is 20.1 Å². The number of rotatable bonds is 10. The fraction of sp³-hybridized carbons (Fsp3) is 0.275. The van der Waals surface area contributed by atoms with Gasteiger partial charge in [0.1, 0.15) is 12.6 Å². The average Bonchev–Trinajstić information content (AvgIpc) is 3.49. The molecule has 1 atom stereocenters. The largest absolute Gasteiger partial charge is 0.493 e. The molecule has 0 radical (unpaired) electrons. The molecule has 0 aliphatic carbocycles. The smallest absolute Gasteiger partial charge is 0.255 e. The summed E-state index contributed by atoms with van der Waals surface area (Å²) in [5.74, 6) is 2.04. The lowest BCUT2D eigenvalue weighted by Gasteiger charge is -2.29. The van der Waals surface area contributed by atoms with Crippen LogP contribution in [0.25, 0.3) is 0 Å². The van der Waals surface area contributed by atoms with Crippen LogP contribution in [0.5, 0.6) is 11.5 Å². The summed E-state index contributed by atoms with van der Waals surface area (Å²) in [7, 11) is 1.62. The van der Waals surface area contributed by atoms with E-state index < -0.39 is 6.04 Å². The van der Waals surface area contributed by atoms with Gasteiger partial charge in [-0.1, -0.05) is 110 Å². The predicted molar refractivity (Wildman–Crippen MR) is 203 cm³/mol. The highest BCUT2D eigenvalue weighted by atomic mass is 35.5. The van der Waals surface area contributed by atoms with Gasteiger partial charge in [0, 0.05) is 22.2 Å². The van der Waals surface area contributed by atoms with E-state index in [1.54, 1.807) is 11.8 Å². The Balaban J connectivity index is 1.33. The number of thioether (sulfide) groups is 1. The van der Waals surface area contributed by atoms with Crippen LogP contribution in [0.1, 0.15) is 67.1 Å². The normalized spacial score (nSPS) is 14.2. The number of benzene rings is 4. The summed E-state index contributed by atoms with van der Waals surface area (Å²) in [6, 6.07) is 27.3. The number of carbonyl (C=O) groups excluding carboxylic acids is 1. The van der Waals surface area contributed by atoms with E-state index >= 15 is 0 Å². The van der Waals surface area contributed by atoms with Crippen molar-refractivity contribution in [3.8, 4) is 11.5 Å². The summed E-state index contributed by atoms with van der Waals surface area (Å²) in [5, 5.41) is 12.6. The monoisotopic (exact) mass is 707 g/mol. The molecule has 1 aliphatic rings. The predicted octanol–water partition coefficient (Wildman–Crippen LogP) is 9.65. The lowest BCUT2D eigenvalue weighted by Crippen LogP contribution is -2.31. The summed E-state index contributed by atoms with van der Waals surface area (Å²) in [5.41, 5.74) is 8.23. The molecule has 0 saturated carbocycles. The number of amides is 1. The third kappa shape index (κ3) is 7.69. The molecule has 6 rings (SSSR count). The highest BCUT2D eigenvalue weighted by molar-refractivity contribution is 7.98. The zero-order chi connectivity index (χ0) is 35.6. The molecule has 8 nitrogen and oxygen atoms in total. The van der Waals surface area contributed by atoms with Gasteiger partial charge >= 0.3 is 0 Å². The van der Waals surface area contributed by atoms with Crippen molar-refractivity contribution in [3.63, 3.8) is 0 Å². The number of aromatic nitrogens is 3. The molecule has 1 aliphatic heterocycles. The van der Waals surface area contributed by atoms with Crippen molar-refractivity contribution in [1.29, 1.82) is 0 Å². The van der Waals surface area contributed by atoms with Crippen molar-refractivity contribution in [2.75, 3.05) is 17.7 Å². The molecular formula is C40H42ClN5O3S. The zero-order valence-corrected chi connectivity index (χ0v) is 31.0. The Bertz CT molecular complexity index is 2070. The highest BCUT2D eigenvalue weighted by Gasteiger charge is 2.35. The second-order valence-electron chi connectivity index (χ2n) is 13.5. The number of fused-ring (bicyclic) bond motifs is 1. The van der Waals surface area contributed by atoms with E-state index in [9.17, 15) is 4.79 Å². The van der Waals surface area contributed by atoms with Crippen molar-refractivity contribution < 1.29 is 14.3 Å². The minimum atomic E-state index is -0.605. The third-order valence-electron chi connectivity index (χ3n) is 8.74. The minimum Gasteiger partial charge on any atom is -0.493 e. The maximum absolute atomic E-state index is 14.2. The third-order valence-corrected chi connectivity index (χ3v) is 10.00. The van der Waals surface area contributed by atoms with Gasteiger partial charge in [-0.3, -0.25) is 4.79 Å². The number of hydrogen-bond acceptors (Lipinski definition) is 7. The molecular weight excluding hydrogens is 666 g/mol. The number of aryl methyl sites for hydroxylation is 2. The van der Waals surface area contributed by atoms with E-state index in [-0.39, 0.29) is 11.3 Å². The Kier molecular flexibility index (Phi) is 10.3. The van der Waals surface area contributed by atoms with E-state index in [0.29, 0.717) is 51.3 Å². The van der Waals surface area contributed by atoms with Crippen LogP contribution in [0, 0.1) is 13.8 Å². The number of ether oxygens (including phenoxy) is 2. The first-order valence-electron chi connectivity index (χ1n) is 16.5. The molecule has 0 saturated heterocycles. The highest BCUT2D eigenvalue weighted by Crippen LogP contribution is 2.40. The standard InChI is InChI=1S/C40H42ClN5O3S/c1-24-12-18-32(25(2)20-24)43-37(47)35-26(3)42-38-44-39(50-23-29-10-8-9-11-31(29)41)45-46(38)36(35)28-15-19-33(34(21-28)48-7)49-22-27-13-16-30(17-14-27)40(4,5)6/h8-21,36H,22-23H2,1-7H3,(H,43,47)(H,42,44,45). The van der Waals surface area contributed by atoms with Gasteiger partial charge in [-0.05, 0) is 78.3 Å². The van der Waals surface area contributed by atoms with Crippen molar-refractivity contribution in [2.24, 2.45) is 0 Å². The molecule has 0 fully saturated rings. The number of halogens is 1. The molecule has 2 N–H and O–H groups in total. The first kappa shape index (κ1) is 35.1. The number of nitrogens with zero attached hydrogens (tertiary/aromatic N) is 3. The van der Waals surface area contributed by atoms with Crippen LogP contribution < -0.4 is 20.1 Å². The van der Waals surface area contributed by atoms with Gasteiger partial charge in [0.15, 0.2) is 11.5 Å². The van der Waals surface area contributed by atoms with Crippen molar-refractivity contribution >= 4 is 40.9 Å². The Hall–Kier alpha value is -4.73. The SMILES string of the molecule is COc1cc(C2C(C(=O)Nc3ccc(C)cc3C)=C(C)Nc3nc(SCc4ccccc4Cl)nn32)ccc1OCc1ccc(C(C)(C)C)cc1. The minimum absolute atomic E-state index is 0.0770. The van der Waals surface area contributed by atoms with Crippen molar-refractivity contribution in [3.05, 3.63) is 135 Å². The molecule has 1 amide bonds. The number of methoxy groups -OCH3 is 1. The first-order chi connectivity index (χ1) is 23.9. The fourth-order valence-corrected chi connectivity index (χ4v) is 7.05. The molecule has 2 heterocycles. The second-order valence-corrected chi connectivity index (χ2v) is 14.9. The van der Waals surface area contributed by atoms with Gasteiger partial charge in [0.2, 0.25) is 11.1 Å². The van der Waals surface area contributed by atoms with Crippen LogP contribution in [0.3, 0.4) is 0 Å². The van der Waals surface area contributed by atoms with E-state index in [2.05, 4.69) is 55.7 Å². The summed E-state index contributed by atoms with van der Waals surface area (Å²) in [6.07, 6.45) is 0. The van der Waals surface area contributed by atoms with E-state index in [4.69, 9.17) is 31.2 Å². The molecule has 1 aromatic heterocycles. The molecule has 10 heteroatoms. The molecule has 258 valence electrons. The van der Waals surface area contributed by atoms with Crippen LogP contribution >= 0.6 is 23.4 Å². The fourth-order valence-electron chi connectivity index (χ4n) is 5.93. The van der Waals surface area contributed by atoms with Gasteiger partial charge in [-0.15, -0.1) is 5.10 Å². The van der Waals surface area contributed by atoms with Gasteiger partial charge in [0.05, 0.1) is 12.7 Å².